The summed E-state index contributed by atoms with van der Waals surface area (Å²) in [7, 11) is 0. The lowest BCUT2D eigenvalue weighted by atomic mass is 9.86. The number of ketones is 1. The third-order valence-electron chi connectivity index (χ3n) is 7.20. The third-order valence-corrected chi connectivity index (χ3v) is 7.20. The number of carbonyl (C=O) groups is 4. The summed E-state index contributed by atoms with van der Waals surface area (Å²) in [4.78, 5) is 55.4. The summed E-state index contributed by atoms with van der Waals surface area (Å²) in [5, 5.41) is 13.2. The molecule has 0 spiro atoms. The van der Waals surface area contributed by atoms with Crippen LogP contribution in [0.25, 0.3) is 0 Å². The van der Waals surface area contributed by atoms with E-state index in [0.29, 0.717) is 24.9 Å². The minimum atomic E-state index is -1.18. The molecule has 4 atom stereocenters. The normalized spacial score (nSPS) is 21.7. The van der Waals surface area contributed by atoms with Crippen LogP contribution in [0.5, 0.6) is 0 Å². The highest BCUT2D eigenvalue weighted by Gasteiger charge is 2.53. The lowest BCUT2D eigenvalue weighted by molar-refractivity contribution is -0.144. The van der Waals surface area contributed by atoms with Gasteiger partial charge in [-0.2, -0.15) is 0 Å². The maximum absolute atomic E-state index is 13.6. The molecule has 1 aromatic carbocycles. The summed E-state index contributed by atoms with van der Waals surface area (Å²) in [5.74, 6) is -1.44. The summed E-state index contributed by atoms with van der Waals surface area (Å²) < 4.78 is 0. The van der Waals surface area contributed by atoms with Gasteiger partial charge in [0.25, 0.3) is 11.8 Å². The van der Waals surface area contributed by atoms with Crippen molar-refractivity contribution in [2.24, 2.45) is 11.8 Å². The molecule has 3 amide bonds. The van der Waals surface area contributed by atoms with Crippen LogP contribution in [0.1, 0.15) is 77.2 Å². The first-order valence-corrected chi connectivity index (χ1v) is 13.0. The van der Waals surface area contributed by atoms with Crippen molar-refractivity contribution in [3.8, 4) is 0 Å². The molecule has 3 rings (SSSR count). The van der Waals surface area contributed by atoms with Crippen LogP contribution < -0.4 is 5.32 Å². The van der Waals surface area contributed by atoms with Gasteiger partial charge in [-0.15, -0.1) is 0 Å². The van der Waals surface area contributed by atoms with Gasteiger partial charge < -0.3 is 20.2 Å². The number of nitrogens with one attached hydrogen (secondary N) is 1. The highest BCUT2D eigenvalue weighted by molar-refractivity contribution is 6.01. The van der Waals surface area contributed by atoms with Crippen molar-refractivity contribution in [1.82, 2.24) is 15.1 Å². The third kappa shape index (κ3) is 5.80. The Bertz CT molecular complexity index is 995. The van der Waals surface area contributed by atoms with E-state index in [1.807, 2.05) is 26.0 Å². The molecule has 2 aliphatic rings. The molecule has 2 fully saturated rings. The number of rotatable bonds is 7. The van der Waals surface area contributed by atoms with E-state index >= 15 is 0 Å². The van der Waals surface area contributed by atoms with Crippen molar-refractivity contribution in [2.45, 2.75) is 91.0 Å². The molecule has 2 heterocycles. The Hall–Kier alpha value is -2.74. The van der Waals surface area contributed by atoms with Crippen molar-refractivity contribution in [1.29, 1.82) is 0 Å². The monoisotopic (exact) mass is 499 g/mol. The number of hydrogen-bond acceptors (Lipinski definition) is 5. The van der Waals surface area contributed by atoms with E-state index in [2.05, 4.69) is 26.1 Å². The molecule has 2 N–H and O–H groups in total. The van der Waals surface area contributed by atoms with E-state index in [4.69, 9.17) is 0 Å². The Morgan fingerprint density at radius 2 is 1.64 bits per heavy atom. The van der Waals surface area contributed by atoms with Crippen molar-refractivity contribution in [2.75, 3.05) is 13.1 Å². The molecule has 0 aliphatic carbocycles. The number of aliphatic hydroxyl groups excluding tert-OH is 1. The fourth-order valence-electron chi connectivity index (χ4n) is 5.07. The number of amides is 3. The number of likely N-dealkylation sites (tertiary alicyclic amines) is 2. The summed E-state index contributed by atoms with van der Waals surface area (Å²) >= 11 is 0. The van der Waals surface area contributed by atoms with Crippen molar-refractivity contribution < 1.29 is 24.3 Å². The number of aliphatic hydroxyl groups is 1. The Balaban J connectivity index is 1.76. The van der Waals surface area contributed by atoms with Gasteiger partial charge in [-0.3, -0.25) is 19.2 Å². The van der Waals surface area contributed by atoms with E-state index in [-0.39, 0.29) is 41.4 Å². The van der Waals surface area contributed by atoms with Crippen molar-refractivity contribution in [3.05, 3.63) is 35.4 Å². The maximum Gasteiger partial charge on any atom is 0.252 e. The fourth-order valence-corrected chi connectivity index (χ4v) is 5.07. The molecule has 0 saturated carbocycles. The van der Waals surface area contributed by atoms with E-state index in [1.165, 1.54) is 9.80 Å². The first-order chi connectivity index (χ1) is 16.7. The van der Waals surface area contributed by atoms with Gasteiger partial charge in [0, 0.05) is 12.1 Å². The molecular weight excluding hydrogens is 458 g/mol. The predicted molar refractivity (Wildman–Crippen MR) is 137 cm³/mol. The molecule has 8 nitrogen and oxygen atoms in total. The maximum atomic E-state index is 13.6. The number of carbonyl (C=O) groups excluding carboxylic acids is 4. The molecule has 198 valence electrons. The van der Waals surface area contributed by atoms with Crippen LogP contribution in [0.3, 0.4) is 0 Å². The highest BCUT2D eigenvalue weighted by Crippen LogP contribution is 2.32. The molecule has 2 aliphatic heterocycles. The molecular formula is C28H41N3O5. The number of fused-ring (bicyclic) bond motifs is 1. The minimum absolute atomic E-state index is 0.0360. The quantitative estimate of drug-likeness (QED) is 0.600. The first kappa shape index (κ1) is 27.8. The topological polar surface area (TPSA) is 107 Å². The Morgan fingerprint density at radius 3 is 2.17 bits per heavy atom. The van der Waals surface area contributed by atoms with Gasteiger partial charge in [0.1, 0.15) is 18.2 Å². The highest BCUT2D eigenvalue weighted by atomic mass is 16.3. The Labute approximate surface area is 214 Å². The summed E-state index contributed by atoms with van der Waals surface area (Å²) in [5.41, 5.74) is 1.55. The van der Waals surface area contributed by atoms with Gasteiger partial charge in [-0.1, -0.05) is 60.6 Å². The van der Waals surface area contributed by atoms with Crippen molar-refractivity contribution in [3.63, 3.8) is 0 Å². The second kappa shape index (κ2) is 10.7. The van der Waals surface area contributed by atoms with Crippen LogP contribution in [-0.4, -0.2) is 75.7 Å². The standard InChI is InChI=1S/C28H41N3O5/c1-16(2)14-20(29-25(34)18-8-10-19(11-9-18)28(5,6)7)26(35)30-13-12-21-23(30)22(32)15-31(21)27(36)24(33)17(3)4/h8-11,16-17,20-21,23-24,33H,12-15H2,1-7H3,(H,29,34). The van der Waals surface area contributed by atoms with E-state index in [1.54, 1.807) is 26.0 Å². The average Bonchev–Trinajstić information content (AvgIpc) is 3.37. The van der Waals surface area contributed by atoms with Gasteiger partial charge >= 0.3 is 0 Å². The lowest BCUT2D eigenvalue weighted by Crippen LogP contribution is -2.53. The van der Waals surface area contributed by atoms with Gasteiger partial charge in [0.05, 0.1) is 12.6 Å². The van der Waals surface area contributed by atoms with Gasteiger partial charge in [-0.05, 0) is 47.8 Å². The summed E-state index contributed by atoms with van der Waals surface area (Å²) in [6.45, 7) is 14.0. The SMILES string of the molecule is CC(C)CC(NC(=O)c1ccc(C(C)(C)C)cc1)C(=O)N1CCC2C1C(=O)CN2C(=O)C(O)C(C)C. The summed E-state index contributed by atoms with van der Waals surface area (Å²) in [6, 6.07) is 5.42. The zero-order valence-corrected chi connectivity index (χ0v) is 22.6. The van der Waals surface area contributed by atoms with E-state index in [0.717, 1.165) is 5.56 Å². The average molecular weight is 500 g/mol. The Morgan fingerprint density at radius 1 is 1.03 bits per heavy atom. The minimum Gasteiger partial charge on any atom is -0.383 e. The number of benzene rings is 1. The molecule has 0 aromatic heterocycles. The molecule has 1 aromatic rings. The number of Topliss-reactive ketones (excluding diaryl/α,β-unsaturated/α-hetero) is 1. The lowest BCUT2D eigenvalue weighted by Gasteiger charge is -2.29. The summed E-state index contributed by atoms with van der Waals surface area (Å²) in [6.07, 6.45) is -0.282. The van der Waals surface area contributed by atoms with Gasteiger partial charge in [-0.25, -0.2) is 0 Å². The fraction of sp³-hybridized carbons (Fsp3) is 0.643. The zero-order valence-electron chi connectivity index (χ0n) is 22.6. The molecule has 4 unspecified atom stereocenters. The van der Waals surface area contributed by atoms with E-state index in [9.17, 15) is 24.3 Å². The smallest absolute Gasteiger partial charge is 0.252 e. The Kier molecular flexibility index (Phi) is 8.28. The first-order valence-electron chi connectivity index (χ1n) is 13.0. The molecule has 0 bridgehead atoms. The van der Waals surface area contributed by atoms with Gasteiger partial charge in [0.15, 0.2) is 5.78 Å². The van der Waals surface area contributed by atoms with Crippen LogP contribution in [0, 0.1) is 11.8 Å². The van der Waals surface area contributed by atoms with Crippen LogP contribution >= 0.6 is 0 Å². The number of hydrogen-bond donors (Lipinski definition) is 2. The number of nitrogens with zero attached hydrogens (tertiary/aromatic N) is 2. The van der Waals surface area contributed by atoms with Crippen LogP contribution in [0.2, 0.25) is 0 Å². The molecule has 36 heavy (non-hydrogen) atoms. The largest absolute Gasteiger partial charge is 0.383 e. The molecule has 8 heteroatoms. The van der Waals surface area contributed by atoms with Crippen LogP contribution in [0.15, 0.2) is 24.3 Å². The predicted octanol–water partition coefficient (Wildman–Crippen LogP) is 2.53. The zero-order chi connectivity index (χ0) is 26.9. The van der Waals surface area contributed by atoms with Crippen LogP contribution in [0.4, 0.5) is 0 Å². The molecule has 0 radical (unpaired) electrons. The van der Waals surface area contributed by atoms with Gasteiger partial charge in [0.2, 0.25) is 5.91 Å². The molecule has 2 saturated heterocycles. The van der Waals surface area contributed by atoms with Crippen LogP contribution in [-0.2, 0) is 19.8 Å². The second-order valence-electron chi connectivity index (χ2n) is 11.9. The second-order valence-corrected chi connectivity index (χ2v) is 11.9. The van der Waals surface area contributed by atoms with E-state index < -0.39 is 30.1 Å². The van der Waals surface area contributed by atoms with Crippen molar-refractivity contribution >= 4 is 23.5 Å².